The fourth-order valence-corrected chi connectivity index (χ4v) is 3.63. The van der Waals surface area contributed by atoms with Gasteiger partial charge in [-0.25, -0.2) is 0 Å². The Bertz CT molecular complexity index is 413. The van der Waals surface area contributed by atoms with E-state index >= 15 is 0 Å². The first kappa shape index (κ1) is 18.2. The van der Waals surface area contributed by atoms with Crippen LogP contribution >= 0.6 is 0 Å². The smallest absolute Gasteiger partial charge is 0.0506 e. The highest BCUT2D eigenvalue weighted by Gasteiger charge is 2.38. The third-order valence-electron chi connectivity index (χ3n) is 4.83. The first-order chi connectivity index (χ1) is 9.91. The molecule has 0 spiro atoms. The van der Waals surface area contributed by atoms with E-state index < -0.39 is 0 Å². The van der Waals surface area contributed by atoms with Gasteiger partial charge in [0, 0.05) is 5.54 Å². The average molecular weight is 290 g/mol. The minimum Gasteiger partial charge on any atom is -0.308 e. The first-order valence-corrected chi connectivity index (χ1v) is 8.40. The number of hydrogen-bond acceptors (Lipinski definition) is 2. The molecular weight excluding hydrogens is 256 g/mol. The molecule has 0 saturated heterocycles. The highest BCUT2D eigenvalue weighted by molar-refractivity contribution is 5.33. The Labute approximate surface area is 131 Å². The van der Waals surface area contributed by atoms with Crippen molar-refractivity contribution in [1.29, 1.82) is 0 Å². The number of benzene rings is 1. The summed E-state index contributed by atoms with van der Waals surface area (Å²) < 4.78 is 0. The van der Waals surface area contributed by atoms with Crippen LogP contribution in [0.1, 0.15) is 62.8 Å². The number of likely N-dealkylation sites (N-methyl/N-ethyl adjacent to an activating group) is 1. The molecule has 1 N–H and O–H groups in total. The second-order valence-electron chi connectivity index (χ2n) is 6.51. The third-order valence-corrected chi connectivity index (χ3v) is 4.83. The lowest BCUT2D eigenvalue weighted by Gasteiger charge is -2.46. The van der Waals surface area contributed by atoms with Gasteiger partial charge in [-0.05, 0) is 59.3 Å². The van der Waals surface area contributed by atoms with E-state index in [1.165, 1.54) is 16.7 Å². The molecule has 2 heteroatoms. The third kappa shape index (κ3) is 4.08. The fourth-order valence-electron chi connectivity index (χ4n) is 3.63. The zero-order valence-corrected chi connectivity index (χ0v) is 15.1. The van der Waals surface area contributed by atoms with E-state index in [1.54, 1.807) is 0 Å². The predicted octanol–water partition coefficient (Wildman–Crippen LogP) is 4.46. The molecule has 1 atom stereocenters. The van der Waals surface area contributed by atoms with Gasteiger partial charge in [0.1, 0.15) is 0 Å². The van der Waals surface area contributed by atoms with Crippen LogP contribution in [0.4, 0.5) is 0 Å². The Morgan fingerprint density at radius 2 is 1.52 bits per heavy atom. The molecule has 0 radical (unpaired) electrons. The van der Waals surface area contributed by atoms with Crippen LogP contribution in [-0.2, 0) is 0 Å². The molecule has 0 fully saturated rings. The van der Waals surface area contributed by atoms with Crippen LogP contribution in [0.15, 0.2) is 18.2 Å². The largest absolute Gasteiger partial charge is 0.308 e. The van der Waals surface area contributed by atoms with Gasteiger partial charge in [-0.3, -0.25) is 0 Å². The molecular formula is C19H34N2. The lowest BCUT2D eigenvalue weighted by molar-refractivity contribution is 0.0881. The molecule has 0 bridgehead atoms. The van der Waals surface area contributed by atoms with Gasteiger partial charge < -0.3 is 10.2 Å². The van der Waals surface area contributed by atoms with Gasteiger partial charge in [-0.1, -0.05) is 50.1 Å². The van der Waals surface area contributed by atoms with Crippen molar-refractivity contribution in [3.8, 4) is 0 Å². The second kappa shape index (κ2) is 7.95. The molecule has 0 aromatic heterocycles. The maximum atomic E-state index is 3.82. The summed E-state index contributed by atoms with van der Waals surface area (Å²) in [7, 11) is 4.44. The molecule has 1 rings (SSSR count). The molecule has 0 saturated carbocycles. The van der Waals surface area contributed by atoms with Gasteiger partial charge in [0.25, 0.3) is 0 Å². The minimum atomic E-state index is 0.162. The van der Waals surface area contributed by atoms with Crippen molar-refractivity contribution in [3.63, 3.8) is 0 Å². The minimum absolute atomic E-state index is 0.162. The maximum absolute atomic E-state index is 3.82. The molecule has 120 valence electrons. The molecule has 0 aliphatic rings. The Morgan fingerprint density at radius 3 is 1.90 bits per heavy atom. The van der Waals surface area contributed by atoms with E-state index in [-0.39, 0.29) is 5.54 Å². The van der Waals surface area contributed by atoms with Gasteiger partial charge in [0.2, 0.25) is 0 Å². The van der Waals surface area contributed by atoms with E-state index in [0.29, 0.717) is 6.04 Å². The monoisotopic (exact) mass is 290 g/mol. The second-order valence-corrected chi connectivity index (χ2v) is 6.51. The Morgan fingerprint density at radius 1 is 1.00 bits per heavy atom. The summed E-state index contributed by atoms with van der Waals surface area (Å²) in [5, 5.41) is 3.82. The van der Waals surface area contributed by atoms with Crippen LogP contribution in [0, 0.1) is 13.8 Å². The Kier molecular flexibility index (Phi) is 6.89. The van der Waals surface area contributed by atoms with Gasteiger partial charge >= 0.3 is 0 Å². The van der Waals surface area contributed by atoms with E-state index in [4.69, 9.17) is 0 Å². The molecule has 21 heavy (non-hydrogen) atoms. The highest BCUT2D eigenvalue weighted by atomic mass is 15.2. The summed E-state index contributed by atoms with van der Waals surface area (Å²) in [6, 6.07) is 7.34. The molecule has 1 aromatic carbocycles. The van der Waals surface area contributed by atoms with E-state index in [2.05, 4.69) is 77.1 Å². The quantitative estimate of drug-likeness (QED) is 0.760. The fraction of sp³-hybridized carbons (Fsp3) is 0.684. The summed E-state index contributed by atoms with van der Waals surface area (Å²) in [5.74, 6) is 0. The number of nitrogens with one attached hydrogen (secondary N) is 1. The number of aryl methyl sites for hydroxylation is 2. The summed E-state index contributed by atoms with van der Waals surface area (Å²) in [6.07, 6.45) is 3.45. The van der Waals surface area contributed by atoms with Crippen molar-refractivity contribution in [2.24, 2.45) is 0 Å². The van der Waals surface area contributed by atoms with E-state index in [9.17, 15) is 0 Å². The standard InChI is InChI=1S/C19H34N2/c1-8-11-20-18(19(9-2,10-3)21(6)7)17-13-15(4)12-16(5)14-17/h12-14,18,20H,8-11H2,1-7H3. The SMILES string of the molecule is CCCNC(c1cc(C)cc(C)c1)C(CC)(CC)N(C)C. The average Bonchev–Trinajstić information content (AvgIpc) is 2.42. The maximum Gasteiger partial charge on any atom is 0.0506 e. The molecule has 1 unspecified atom stereocenters. The van der Waals surface area contributed by atoms with E-state index in [1.807, 2.05) is 0 Å². The summed E-state index contributed by atoms with van der Waals surface area (Å²) in [6.45, 7) is 12.3. The van der Waals surface area contributed by atoms with Crippen LogP contribution in [0.3, 0.4) is 0 Å². The highest BCUT2D eigenvalue weighted by Crippen LogP contribution is 2.36. The number of rotatable bonds is 8. The van der Waals surface area contributed by atoms with Crippen molar-refractivity contribution in [1.82, 2.24) is 10.2 Å². The van der Waals surface area contributed by atoms with Crippen LogP contribution in [-0.4, -0.2) is 31.1 Å². The molecule has 0 aliphatic heterocycles. The number of nitrogens with zero attached hydrogens (tertiary/aromatic N) is 1. The first-order valence-electron chi connectivity index (χ1n) is 8.40. The van der Waals surface area contributed by atoms with Crippen molar-refractivity contribution in [2.45, 2.75) is 65.5 Å². The summed E-state index contributed by atoms with van der Waals surface area (Å²) >= 11 is 0. The molecule has 2 nitrogen and oxygen atoms in total. The van der Waals surface area contributed by atoms with Crippen molar-refractivity contribution in [2.75, 3.05) is 20.6 Å². The van der Waals surface area contributed by atoms with Crippen molar-refractivity contribution >= 4 is 0 Å². The Balaban J connectivity index is 3.31. The van der Waals surface area contributed by atoms with Gasteiger partial charge in [-0.2, -0.15) is 0 Å². The molecule has 0 amide bonds. The lowest BCUT2D eigenvalue weighted by Crippen LogP contribution is -2.53. The van der Waals surface area contributed by atoms with Gasteiger partial charge in [-0.15, -0.1) is 0 Å². The van der Waals surface area contributed by atoms with Crippen molar-refractivity contribution < 1.29 is 0 Å². The normalized spacial score (nSPS) is 13.7. The zero-order chi connectivity index (χ0) is 16.0. The van der Waals surface area contributed by atoms with Crippen LogP contribution < -0.4 is 5.32 Å². The van der Waals surface area contributed by atoms with Crippen molar-refractivity contribution in [3.05, 3.63) is 34.9 Å². The zero-order valence-electron chi connectivity index (χ0n) is 15.1. The Hall–Kier alpha value is -0.860. The van der Waals surface area contributed by atoms with Crippen LogP contribution in [0.5, 0.6) is 0 Å². The molecule has 1 aromatic rings. The molecule has 0 aliphatic carbocycles. The van der Waals surface area contributed by atoms with E-state index in [0.717, 1.165) is 25.8 Å². The lowest BCUT2D eigenvalue weighted by atomic mass is 9.79. The van der Waals surface area contributed by atoms with Crippen LogP contribution in [0.2, 0.25) is 0 Å². The summed E-state index contributed by atoms with van der Waals surface area (Å²) in [4.78, 5) is 2.41. The predicted molar refractivity (Wildman–Crippen MR) is 94.0 cm³/mol. The van der Waals surface area contributed by atoms with Gasteiger partial charge in [0.15, 0.2) is 0 Å². The topological polar surface area (TPSA) is 15.3 Å². The van der Waals surface area contributed by atoms with Gasteiger partial charge in [0.05, 0.1) is 6.04 Å². The molecule has 0 heterocycles. The number of hydrogen-bond donors (Lipinski definition) is 1. The van der Waals surface area contributed by atoms with Crippen LogP contribution in [0.25, 0.3) is 0 Å². The summed E-state index contributed by atoms with van der Waals surface area (Å²) in [5.41, 5.74) is 4.30.